The lowest BCUT2D eigenvalue weighted by atomic mass is 10.2. The Kier molecular flexibility index (Phi) is 4.01. The second kappa shape index (κ2) is 5.56. The molecule has 20 heavy (non-hydrogen) atoms. The first-order chi connectivity index (χ1) is 9.42. The minimum Gasteiger partial charge on any atom is -0.573 e. The van der Waals surface area contributed by atoms with Gasteiger partial charge in [-0.25, -0.2) is 17.2 Å². The molecule has 106 valence electrons. The summed E-state index contributed by atoms with van der Waals surface area (Å²) in [5.74, 6) is -1.52. The van der Waals surface area contributed by atoms with E-state index in [1.807, 2.05) is 0 Å². The van der Waals surface area contributed by atoms with E-state index in [0.717, 1.165) is 18.2 Å². The molecule has 0 heterocycles. The molecule has 0 radical (unpaired) electrons. The summed E-state index contributed by atoms with van der Waals surface area (Å²) < 4.78 is 54.2. The topological polar surface area (TPSA) is 75.9 Å². The van der Waals surface area contributed by atoms with Crippen molar-refractivity contribution in [3.05, 3.63) is 64.4 Å². The lowest BCUT2D eigenvalue weighted by Crippen LogP contribution is -2.47. The number of hydrogen-bond donors (Lipinski definition) is 1. The molecule has 7 heteroatoms. The molecule has 2 aromatic carbocycles. The Hall–Kier alpha value is -1.99. The minimum absolute atomic E-state index is 0.0931. The Morgan fingerprint density at radius 2 is 1.85 bits per heavy atom. The molecule has 3 N–H and O–H groups in total. The van der Waals surface area contributed by atoms with Gasteiger partial charge in [-0.2, -0.15) is 0 Å². The first kappa shape index (κ1) is 14.4. The summed E-state index contributed by atoms with van der Waals surface area (Å²) in [7, 11) is -4.24. The van der Waals surface area contributed by atoms with Crippen LogP contribution in [0.5, 0.6) is 0 Å². The second-order valence-corrected chi connectivity index (χ2v) is 5.63. The fourth-order valence-electron chi connectivity index (χ4n) is 1.62. The summed E-state index contributed by atoms with van der Waals surface area (Å²) in [5.41, 5.74) is 4.08. The largest absolute Gasteiger partial charge is 0.573 e. The van der Waals surface area contributed by atoms with Gasteiger partial charge in [0.1, 0.15) is 21.7 Å². The van der Waals surface area contributed by atoms with Crippen molar-refractivity contribution in [2.75, 3.05) is 0 Å². The van der Waals surface area contributed by atoms with Crippen LogP contribution in [0.25, 0.3) is 4.72 Å². The van der Waals surface area contributed by atoms with Gasteiger partial charge in [0.15, 0.2) is 0 Å². The van der Waals surface area contributed by atoms with Gasteiger partial charge in [0.2, 0.25) is 0 Å². The maximum Gasteiger partial charge on any atom is 0.140 e. The van der Waals surface area contributed by atoms with Crippen LogP contribution in [0.15, 0.2) is 47.4 Å². The molecule has 0 aromatic heterocycles. The predicted octanol–water partition coefficient (Wildman–Crippen LogP) is 2.10. The average molecular weight is 298 g/mol. The van der Waals surface area contributed by atoms with Crippen molar-refractivity contribution in [3.63, 3.8) is 0 Å². The number of rotatable bonds is 4. The van der Waals surface area contributed by atoms with Gasteiger partial charge in [0.05, 0.1) is 11.4 Å². The minimum atomic E-state index is -4.24. The third-order valence-corrected chi connectivity index (χ3v) is 3.92. The number of nitrogens with zero attached hydrogens (tertiary/aromatic N) is 1. The van der Waals surface area contributed by atoms with Gasteiger partial charge >= 0.3 is 0 Å². The Balaban J connectivity index is 2.40. The van der Waals surface area contributed by atoms with E-state index in [-0.39, 0.29) is 5.69 Å². The summed E-state index contributed by atoms with van der Waals surface area (Å²) >= 11 is 0. The Bertz CT molecular complexity index is 733. The molecule has 0 aliphatic rings. The zero-order chi connectivity index (χ0) is 14.8. The lowest BCUT2D eigenvalue weighted by molar-refractivity contribution is -0.386. The van der Waals surface area contributed by atoms with E-state index in [9.17, 15) is 17.2 Å². The summed E-state index contributed by atoms with van der Waals surface area (Å²) in [5, 5.41) is 0. The van der Waals surface area contributed by atoms with Crippen molar-refractivity contribution >= 4 is 15.7 Å². The van der Waals surface area contributed by atoms with Crippen LogP contribution in [0.3, 0.4) is 0 Å². The summed E-state index contributed by atoms with van der Waals surface area (Å²) in [6, 6.07) is 8.45. The van der Waals surface area contributed by atoms with Crippen LogP contribution in [0, 0.1) is 11.6 Å². The highest BCUT2D eigenvalue weighted by molar-refractivity contribution is 7.94. The standard InChI is InChI=1S/C13H11F2N2O2S/c14-10-2-1-3-11(7-10)17-20(18,19)13-6-9(8-16)4-5-12(13)15/h1-7H,8,16H2/q-1/p+1. The maximum atomic E-state index is 13.6. The quantitative estimate of drug-likeness (QED) is 0.938. The highest BCUT2D eigenvalue weighted by Crippen LogP contribution is 2.29. The third-order valence-electron chi connectivity index (χ3n) is 2.60. The van der Waals surface area contributed by atoms with Crippen LogP contribution < -0.4 is 5.73 Å². The van der Waals surface area contributed by atoms with Crippen molar-refractivity contribution in [1.82, 2.24) is 0 Å². The van der Waals surface area contributed by atoms with E-state index in [1.165, 1.54) is 24.3 Å². The predicted molar refractivity (Wildman–Crippen MR) is 69.6 cm³/mol. The molecule has 0 aliphatic heterocycles. The molecule has 0 aliphatic carbocycles. The summed E-state index contributed by atoms with van der Waals surface area (Å²) in [6.07, 6.45) is 0. The SMILES string of the molecule is [NH3+]Cc1ccc(F)c(S(=O)(=O)[N-]c2cccc(F)c2)c1. The van der Waals surface area contributed by atoms with Gasteiger partial charge in [-0.1, -0.05) is 18.2 Å². The van der Waals surface area contributed by atoms with Crippen molar-refractivity contribution in [1.29, 1.82) is 0 Å². The molecule has 0 saturated heterocycles. The van der Waals surface area contributed by atoms with Crippen molar-refractivity contribution in [3.8, 4) is 0 Å². The molecular formula is C13H12F2N2O2S. The molecule has 0 atom stereocenters. The Labute approximate surface area is 115 Å². The van der Waals surface area contributed by atoms with E-state index in [2.05, 4.69) is 10.5 Å². The number of sulfonamides is 1. The van der Waals surface area contributed by atoms with Crippen LogP contribution in [0.2, 0.25) is 0 Å². The van der Waals surface area contributed by atoms with E-state index in [0.29, 0.717) is 12.1 Å². The van der Waals surface area contributed by atoms with E-state index in [4.69, 9.17) is 0 Å². The molecule has 0 spiro atoms. The van der Waals surface area contributed by atoms with Gasteiger partial charge in [-0.05, 0) is 24.3 Å². The number of quaternary nitrogens is 1. The van der Waals surface area contributed by atoms with Crippen LogP contribution in [-0.2, 0) is 16.6 Å². The normalized spacial score (nSPS) is 11.3. The molecule has 0 amide bonds. The highest BCUT2D eigenvalue weighted by Gasteiger charge is 2.12. The first-order valence-electron chi connectivity index (χ1n) is 5.73. The van der Waals surface area contributed by atoms with Crippen molar-refractivity contribution in [2.45, 2.75) is 11.4 Å². The summed E-state index contributed by atoms with van der Waals surface area (Å²) in [6.45, 7) is 0.322. The van der Waals surface area contributed by atoms with Crippen molar-refractivity contribution < 1.29 is 22.9 Å². The Morgan fingerprint density at radius 3 is 2.50 bits per heavy atom. The molecule has 0 saturated carbocycles. The van der Waals surface area contributed by atoms with E-state index >= 15 is 0 Å². The molecule has 4 nitrogen and oxygen atoms in total. The monoisotopic (exact) mass is 298 g/mol. The van der Waals surface area contributed by atoms with E-state index in [1.54, 1.807) is 0 Å². The number of hydrogen-bond acceptors (Lipinski definition) is 2. The average Bonchev–Trinajstić information content (AvgIpc) is 2.38. The van der Waals surface area contributed by atoms with Gasteiger partial charge in [-0.3, -0.25) is 0 Å². The fraction of sp³-hybridized carbons (Fsp3) is 0.0769. The molecule has 2 rings (SSSR count). The van der Waals surface area contributed by atoms with Gasteiger partial charge in [0.25, 0.3) is 0 Å². The highest BCUT2D eigenvalue weighted by atomic mass is 32.2. The zero-order valence-corrected chi connectivity index (χ0v) is 11.2. The molecule has 0 bridgehead atoms. The van der Waals surface area contributed by atoms with Crippen molar-refractivity contribution in [2.24, 2.45) is 0 Å². The maximum absolute atomic E-state index is 13.6. The van der Waals surface area contributed by atoms with Gasteiger partial charge < -0.3 is 10.5 Å². The molecule has 0 unspecified atom stereocenters. The first-order valence-corrected chi connectivity index (χ1v) is 7.17. The van der Waals surface area contributed by atoms with Gasteiger partial charge in [0, 0.05) is 5.56 Å². The third kappa shape index (κ3) is 3.12. The fourth-order valence-corrected chi connectivity index (χ4v) is 2.73. The number of benzene rings is 2. The summed E-state index contributed by atoms with van der Waals surface area (Å²) in [4.78, 5) is -0.539. The molecular weight excluding hydrogens is 286 g/mol. The van der Waals surface area contributed by atoms with Crippen LogP contribution >= 0.6 is 0 Å². The molecule has 2 aromatic rings. The lowest BCUT2D eigenvalue weighted by Gasteiger charge is -2.22. The zero-order valence-electron chi connectivity index (χ0n) is 10.4. The smallest absolute Gasteiger partial charge is 0.140 e. The van der Waals surface area contributed by atoms with E-state index < -0.39 is 26.6 Å². The second-order valence-electron chi connectivity index (χ2n) is 4.06. The van der Waals surface area contributed by atoms with Gasteiger partial charge in [-0.15, -0.1) is 5.69 Å². The molecule has 0 fully saturated rings. The Morgan fingerprint density at radius 1 is 1.10 bits per heavy atom. The van der Waals surface area contributed by atoms with Crippen LogP contribution in [-0.4, -0.2) is 8.42 Å². The van der Waals surface area contributed by atoms with Crippen LogP contribution in [0.1, 0.15) is 5.56 Å². The van der Waals surface area contributed by atoms with Crippen LogP contribution in [0.4, 0.5) is 14.5 Å². The number of halogens is 2.